The minimum atomic E-state index is 0.148. The van der Waals surface area contributed by atoms with Crippen molar-refractivity contribution in [3.63, 3.8) is 0 Å². The summed E-state index contributed by atoms with van der Waals surface area (Å²) in [7, 11) is 0. The van der Waals surface area contributed by atoms with Crippen LogP contribution >= 0.6 is 23.2 Å². The molecule has 22 heavy (non-hydrogen) atoms. The van der Waals surface area contributed by atoms with Crippen LogP contribution in [0.5, 0.6) is 5.75 Å². The second kappa shape index (κ2) is 6.65. The minimum absolute atomic E-state index is 0.148. The smallest absolute Gasteiger partial charge is 0.223 e. The van der Waals surface area contributed by atoms with E-state index in [1.165, 1.54) is 0 Å². The maximum absolute atomic E-state index is 11.7. The number of hydrogen-bond acceptors (Lipinski definition) is 3. The van der Waals surface area contributed by atoms with Crippen molar-refractivity contribution in [1.82, 2.24) is 10.6 Å². The van der Waals surface area contributed by atoms with Crippen LogP contribution in [0.4, 0.5) is 0 Å². The molecule has 3 rings (SSSR count). The Morgan fingerprint density at radius 1 is 1.32 bits per heavy atom. The van der Waals surface area contributed by atoms with E-state index in [1.807, 2.05) is 0 Å². The molecule has 6 heteroatoms. The molecule has 2 unspecified atom stereocenters. The summed E-state index contributed by atoms with van der Waals surface area (Å²) in [6, 6.07) is 3.39. The summed E-state index contributed by atoms with van der Waals surface area (Å²) >= 11 is 12.3. The Kier molecular flexibility index (Phi) is 4.81. The van der Waals surface area contributed by atoms with Gasteiger partial charge in [0.25, 0.3) is 0 Å². The second-order valence-electron chi connectivity index (χ2n) is 6.19. The molecule has 1 aliphatic heterocycles. The molecule has 1 aromatic rings. The summed E-state index contributed by atoms with van der Waals surface area (Å²) in [5, 5.41) is 17.4. The van der Waals surface area contributed by atoms with E-state index in [1.54, 1.807) is 12.1 Å². The van der Waals surface area contributed by atoms with Crippen molar-refractivity contribution in [2.45, 2.75) is 37.6 Å². The average molecular weight is 343 g/mol. The number of hydrogen-bond donors (Lipinski definition) is 3. The van der Waals surface area contributed by atoms with Crippen LogP contribution in [0.1, 0.15) is 37.2 Å². The van der Waals surface area contributed by atoms with Gasteiger partial charge in [-0.25, -0.2) is 0 Å². The topological polar surface area (TPSA) is 61.4 Å². The third-order valence-electron chi connectivity index (χ3n) is 4.48. The third kappa shape index (κ3) is 3.50. The van der Waals surface area contributed by atoms with Crippen molar-refractivity contribution in [1.29, 1.82) is 0 Å². The molecule has 4 nitrogen and oxygen atoms in total. The number of carbonyl (C=O) groups is 1. The Morgan fingerprint density at radius 3 is 2.82 bits per heavy atom. The molecule has 1 saturated heterocycles. The number of carbonyl (C=O) groups excluding carboxylic acids is 1. The molecule has 1 aliphatic carbocycles. The Balaban J connectivity index is 1.65. The van der Waals surface area contributed by atoms with Gasteiger partial charge in [-0.05, 0) is 50.3 Å². The van der Waals surface area contributed by atoms with Crippen molar-refractivity contribution in [3.05, 3.63) is 27.7 Å². The lowest BCUT2D eigenvalue weighted by atomic mass is 9.85. The van der Waals surface area contributed by atoms with Crippen LogP contribution in [-0.2, 0) is 4.79 Å². The number of aromatic hydroxyl groups is 1. The van der Waals surface area contributed by atoms with Gasteiger partial charge in [0.2, 0.25) is 5.91 Å². The minimum Gasteiger partial charge on any atom is -0.508 e. The quantitative estimate of drug-likeness (QED) is 0.787. The molecule has 1 amide bonds. The zero-order valence-corrected chi connectivity index (χ0v) is 13.8. The van der Waals surface area contributed by atoms with Gasteiger partial charge < -0.3 is 15.7 Å². The molecule has 0 aromatic heterocycles. The highest BCUT2D eigenvalue weighted by Crippen LogP contribution is 2.41. The summed E-state index contributed by atoms with van der Waals surface area (Å²) < 4.78 is 0. The number of amides is 1. The number of nitrogens with one attached hydrogen (secondary N) is 2. The maximum Gasteiger partial charge on any atom is 0.223 e. The van der Waals surface area contributed by atoms with Crippen LogP contribution in [-0.4, -0.2) is 30.1 Å². The van der Waals surface area contributed by atoms with Gasteiger partial charge in [-0.3, -0.25) is 4.79 Å². The SMILES string of the molecule is O=C(NCC1CC(c2c(O)ccc(Cl)c2Cl)CCN1)C1CC1. The van der Waals surface area contributed by atoms with Gasteiger partial charge in [0.1, 0.15) is 5.75 Å². The molecule has 2 atom stereocenters. The fraction of sp³-hybridized carbons (Fsp3) is 0.562. The standard InChI is InChI=1S/C16H20Cl2N2O2/c17-12-3-4-13(21)14(15(12)18)10-5-6-19-11(7-10)8-20-16(22)9-1-2-9/h3-4,9-11,19,21H,1-2,5-8H2,(H,20,22). The van der Waals surface area contributed by atoms with Crippen LogP contribution in [0, 0.1) is 5.92 Å². The van der Waals surface area contributed by atoms with E-state index < -0.39 is 0 Å². The molecule has 0 radical (unpaired) electrons. The van der Waals surface area contributed by atoms with Gasteiger partial charge >= 0.3 is 0 Å². The molecule has 1 aromatic carbocycles. The number of rotatable bonds is 4. The van der Waals surface area contributed by atoms with Crippen molar-refractivity contribution >= 4 is 29.1 Å². The Morgan fingerprint density at radius 2 is 2.09 bits per heavy atom. The Bertz CT molecular complexity index is 576. The lowest BCUT2D eigenvalue weighted by Gasteiger charge is -2.31. The maximum atomic E-state index is 11.7. The summed E-state index contributed by atoms with van der Waals surface area (Å²) in [5.41, 5.74) is 0.731. The molecule has 0 spiro atoms. The van der Waals surface area contributed by atoms with Crippen LogP contribution in [0.3, 0.4) is 0 Å². The van der Waals surface area contributed by atoms with Crippen molar-refractivity contribution in [3.8, 4) is 5.75 Å². The van der Waals surface area contributed by atoms with Crippen LogP contribution < -0.4 is 10.6 Å². The first-order valence-corrected chi connectivity index (χ1v) is 8.49. The van der Waals surface area contributed by atoms with E-state index in [9.17, 15) is 9.90 Å². The van der Waals surface area contributed by atoms with Crippen molar-refractivity contribution in [2.75, 3.05) is 13.1 Å². The lowest BCUT2D eigenvalue weighted by Crippen LogP contribution is -2.45. The summed E-state index contributed by atoms with van der Waals surface area (Å²) in [4.78, 5) is 11.7. The number of halogens is 2. The Labute approximate surface area is 140 Å². The highest BCUT2D eigenvalue weighted by Gasteiger charge is 2.31. The predicted octanol–water partition coefficient (Wildman–Crippen LogP) is 3.06. The highest BCUT2D eigenvalue weighted by atomic mass is 35.5. The lowest BCUT2D eigenvalue weighted by molar-refractivity contribution is -0.122. The largest absolute Gasteiger partial charge is 0.508 e. The Hall–Kier alpha value is -0.970. The molecular weight excluding hydrogens is 323 g/mol. The van der Waals surface area contributed by atoms with Gasteiger partial charge in [0.05, 0.1) is 10.0 Å². The number of phenols is 1. The molecule has 2 aliphatic rings. The van der Waals surface area contributed by atoms with Crippen LogP contribution in [0.2, 0.25) is 10.0 Å². The molecule has 2 fully saturated rings. The first-order chi connectivity index (χ1) is 10.6. The number of piperidine rings is 1. The van der Waals surface area contributed by atoms with Gasteiger partial charge in [-0.2, -0.15) is 0 Å². The van der Waals surface area contributed by atoms with E-state index >= 15 is 0 Å². The summed E-state index contributed by atoms with van der Waals surface area (Å²) in [6.07, 6.45) is 3.73. The number of phenolic OH excluding ortho intramolecular Hbond substituents is 1. The van der Waals surface area contributed by atoms with E-state index in [4.69, 9.17) is 23.2 Å². The second-order valence-corrected chi connectivity index (χ2v) is 6.97. The normalized spacial score (nSPS) is 25.0. The highest BCUT2D eigenvalue weighted by molar-refractivity contribution is 6.42. The van der Waals surface area contributed by atoms with Gasteiger partial charge in [-0.1, -0.05) is 23.2 Å². The zero-order valence-electron chi connectivity index (χ0n) is 12.2. The van der Waals surface area contributed by atoms with Crippen LogP contribution in [0.25, 0.3) is 0 Å². The van der Waals surface area contributed by atoms with Crippen molar-refractivity contribution in [2.24, 2.45) is 5.92 Å². The zero-order chi connectivity index (χ0) is 15.7. The first-order valence-electron chi connectivity index (χ1n) is 7.74. The molecule has 120 valence electrons. The van der Waals surface area contributed by atoms with Crippen molar-refractivity contribution < 1.29 is 9.90 Å². The predicted molar refractivity (Wildman–Crippen MR) is 87.6 cm³/mol. The van der Waals surface area contributed by atoms with Gasteiger partial charge in [0.15, 0.2) is 0 Å². The van der Waals surface area contributed by atoms with Crippen LogP contribution in [0.15, 0.2) is 12.1 Å². The van der Waals surface area contributed by atoms with Gasteiger partial charge in [-0.15, -0.1) is 0 Å². The molecule has 1 saturated carbocycles. The molecule has 0 bridgehead atoms. The monoisotopic (exact) mass is 342 g/mol. The fourth-order valence-electron chi connectivity index (χ4n) is 3.08. The van der Waals surface area contributed by atoms with Gasteiger partial charge in [0, 0.05) is 24.1 Å². The van der Waals surface area contributed by atoms with E-state index in [-0.39, 0.29) is 29.5 Å². The molecular formula is C16H20Cl2N2O2. The summed E-state index contributed by atoms with van der Waals surface area (Å²) in [5.74, 6) is 0.732. The fourth-order valence-corrected chi connectivity index (χ4v) is 3.56. The number of benzene rings is 1. The summed E-state index contributed by atoms with van der Waals surface area (Å²) in [6.45, 7) is 1.45. The van der Waals surface area contributed by atoms with E-state index in [0.717, 1.165) is 37.8 Å². The first kappa shape index (κ1) is 15.9. The molecule has 1 heterocycles. The van der Waals surface area contributed by atoms with E-state index in [2.05, 4.69) is 10.6 Å². The average Bonchev–Trinajstić information content (AvgIpc) is 3.34. The van der Waals surface area contributed by atoms with E-state index in [0.29, 0.717) is 16.6 Å². The third-order valence-corrected chi connectivity index (χ3v) is 5.30. The molecule has 3 N–H and O–H groups in total.